The maximum absolute atomic E-state index is 13.3. The number of amides is 1. The number of sulfonamides is 1. The molecule has 2 aromatic carbocycles. The lowest BCUT2D eigenvalue weighted by Crippen LogP contribution is -2.42. The SMILES string of the molecule is C=CCNC(=O)C[C@H]1c2ccccc2CCN1S(=O)(=O)c1ccc(C)cc1. The normalized spacial score (nSPS) is 17.1. The minimum absolute atomic E-state index is 0.0793. The third kappa shape index (κ3) is 4.12. The Labute approximate surface area is 160 Å². The molecule has 1 N–H and O–H groups in total. The van der Waals surface area contributed by atoms with Crippen molar-refractivity contribution in [3.63, 3.8) is 0 Å². The van der Waals surface area contributed by atoms with Crippen molar-refractivity contribution in [3.05, 3.63) is 77.9 Å². The minimum atomic E-state index is -3.70. The fourth-order valence-electron chi connectivity index (χ4n) is 3.41. The molecule has 0 saturated heterocycles. The molecule has 1 atom stereocenters. The molecule has 5 nitrogen and oxygen atoms in total. The fraction of sp³-hybridized carbons (Fsp3) is 0.286. The van der Waals surface area contributed by atoms with Gasteiger partial charge in [0.05, 0.1) is 10.9 Å². The quantitative estimate of drug-likeness (QED) is 0.779. The number of carbonyl (C=O) groups excluding carboxylic acids is 1. The van der Waals surface area contributed by atoms with Gasteiger partial charge in [-0.1, -0.05) is 48.0 Å². The Morgan fingerprint density at radius 2 is 1.93 bits per heavy atom. The van der Waals surface area contributed by atoms with E-state index in [0.29, 0.717) is 19.5 Å². The monoisotopic (exact) mass is 384 g/mol. The molecule has 6 heteroatoms. The summed E-state index contributed by atoms with van der Waals surface area (Å²) >= 11 is 0. The summed E-state index contributed by atoms with van der Waals surface area (Å²) in [5, 5.41) is 2.75. The lowest BCUT2D eigenvalue weighted by molar-refractivity contribution is -0.121. The largest absolute Gasteiger partial charge is 0.353 e. The van der Waals surface area contributed by atoms with E-state index >= 15 is 0 Å². The van der Waals surface area contributed by atoms with Crippen molar-refractivity contribution in [3.8, 4) is 0 Å². The summed E-state index contributed by atoms with van der Waals surface area (Å²) < 4.78 is 28.1. The van der Waals surface area contributed by atoms with E-state index in [9.17, 15) is 13.2 Å². The molecule has 1 amide bonds. The number of nitrogens with zero attached hydrogens (tertiary/aromatic N) is 1. The van der Waals surface area contributed by atoms with Crippen molar-refractivity contribution in [1.82, 2.24) is 9.62 Å². The van der Waals surface area contributed by atoms with Crippen LogP contribution in [-0.4, -0.2) is 31.7 Å². The molecule has 0 spiro atoms. The Morgan fingerprint density at radius 3 is 2.63 bits per heavy atom. The summed E-state index contributed by atoms with van der Waals surface area (Å²) in [4.78, 5) is 12.6. The predicted octanol–water partition coefficient (Wildman–Crippen LogP) is 2.98. The van der Waals surface area contributed by atoms with Crippen molar-refractivity contribution >= 4 is 15.9 Å². The predicted molar refractivity (Wildman–Crippen MR) is 106 cm³/mol. The molecule has 0 aliphatic carbocycles. The lowest BCUT2D eigenvalue weighted by atomic mass is 9.92. The van der Waals surface area contributed by atoms with E-state index < -0.39 is 16.1 Å². The Kier molecular flexibility index (Phi) is 5.77. The van der Waals surface area contributed by atoms with Gasteiger partial charge < -0.3 is 5.32 Å². The van der Waals surface area contributed by atoms with E-state index in [1.54, 1.807) is 30.3 Å². The summed E-state index contributed by atoms with van der Waals surface area (Å²) in [5.74, 6) is -0.194. The van der Waals surface area contributed by atoms with Gasteiger partial charge in [0.2, 0.25) is 15.9 Å². The number of hydrogen-bond acceptors (Lipinski definition) is 3. The molecule has 27 heavy (non-hydrogen) atoms. The molecule has 1 heterocycles. The highest BCUT2D eigenvalue weighted by molar-refractivity contribution is 7.89. The first-order valence-corrected chi connectivity index (χ1v) is 10.4. The van der Waals surface area contributed by atoms with Gasteiger partial charge in [0.25, 0.3) is 0 Å². The topological polar surface area (TPSA) is 66.5 Å². The highest BCUT2D eigenvalue weighted by Gasteiger charge is 2.37. The van der Waals surface area contributed by atoms with Gasteiger partial charge >= 0.3 is 0 Å². The molecule has 142 valence electrons. The van der Waals surface area contributed by atoms with Crippen molar-refractivity contribution in [2.75, 3.05) is 13.1 Å². The number of hydrogen-bond donors (Lipinski definition) is 1. The zero-order chi connectivity index (χ0) is 19.4. The Hall–Kier alpha value is -2.44. The van der Waals surface area contributed by atoms with Crippen LogP contribution >= 0.6 is 0 Å². The molecular formula is C21H24N2O3S. The summed E-state index contributed by atoms with van der Waals surface area (Å²) in [6, 6.07) is 14.0. The highest BCUT2D eigenvalue weighted by Crippen LogP contribution is 2.36. The van der Waals surface area contributed by atoms with Crippen LogP contribution in [0, 0.1) is 6.92 Å². The summed E-state index contributed by atoms with van der Waals surface area (Å²) in [6.45, 7) is 6.23. The molecule has 1 aliphatic rings. The number of carbonyl (C=O) groups is 1. The molecular weight excluding hydrogens is 360 g/mol. The van der Waals surface area contributed by atoms with Gasteiger partial charge in [-0.3, -0.25) is 4.79 Å². The van der Waals surface area contributed by atoms with Gasteiger partial charge in [0.15, 0.2) is 0 Å². The van der Waals surface area contributed by atoms with Crippen molar-refractivity contribution in [2.45, 2.75) is 30.7 Å². The average Bonchev–Trinajstić information content (AvgIpc) is 2.66. The third-order valence-corrected chi connectivity index (χ3v) is 6.74. The van der Waals surface area contributed by atoms with Crippen molar-refractivity contribution < 1.29 is 13.2 Å². The van der Waals surface area contributed by atoms with Crippen LogP contribution < -0.4 is 5.32 Å². The molecule has 3 rings (SSSR count). The van der Waals surface area contributed by atoms with Crippen LogP contribution in [0.4, 0.5) is 0 Å². The minimum Gasteiger partial charge on any atom is -0.353 e. The van der Waals surface area contributed by atoms with Gasteiger partial charge in [-0.15, -0.1) is 6.58 Å². The molecule has 0 fully saturated rings. The van der Waals surface area contributed by atoms with Crippen LogP contribution in [0.5, 0.6) is 0 Å². The zero-order valence-corrected chi connectivity index (χ0v) is 16.2. The Bertz CT molecular complexity index is 936. The Morgan fingerprint density at radius 1 is 1.22 bits per heavy atom. The summed E-state index contributed by atoms with van der Waals surface area (Å²) in [5.41, 5.74) is 2.99. The smallest absolute Gasteiger partial charge is 0.243 e. The molecule has 1 aliphatic heterocycles. The second-order valence-electron chi connectivity index (χ2n) is 6.69. The van der Waals surface area contributed by atoms with Crippen LogP contribution in [-0.2, 0) is 21.2 Å². The van der Waals surface area contributed by atoms with Gasteiger partial charge in [-0.25, -0.2) is 8.42 Å². The lowest BCUT2D eigenvalue weighted by Gasteiger charge is -2.36. The van der Waals surface area contributed by atoms with Gasteiger partial charge in [0.1, 0.15) is 0 Å². The van der Waals surface area contributed by atoms with Crippen LogP contribution in [0.2, 0.25) is 0 Å². The fourth-order valence-corrected chi connectivity index (χ4v) is 5.01. The molecule has 0 unspecified atom stereocenters. The first-order chi connectivity index (χ1) is 12.9. The average molecular weight is 385 g/mol. The number of benzene rings is 2. The Balaban J connectivity index is 1.98. The number of fused-ring (bicyclic) bond motifs is 1. The van der Waals surface area contributed by atoms with Crippen LogP contribution in [0.25, 0.3) is 0 Å². The van der Waals surface area contributed by atoms with Crippen LogP contribution in [0.15, 0.2) is 66.1 Å². The van der Waals surface area contributed by atoms with Crippen molar-refractivity contribution in [2.24, 2.45) is 0 Å². The van der Waals surface area contributed by atoms with Crippen molar-refractivity contribution in [1.29, 1.82) is 0 Å². The maximum Gasteiger partial charge on any atom is 0.243 e. The second kappa shape index (κ2) is 8.06. The number of rotatable bonds is 6. The van der Waals surface area contributed by atoms with Gasteiger partial charge in [0, 0.05) is 19.5 Å². The molecule has 0 bridgehead atoms. The zero-order valence-electron chi connectivity index (χ0n) is 15.4. The van der Waals surface area contributed by atoms with Crippen LogP contribution in [0.3, 0.4) is 0 Å². The molecule has 2 aromatic rings. The standard InChI is InChI=1S/C21H24N2O3S/c1-3-13-22-21(24)15-20-19-7-5-4-6-17(19)12-14-23(20)27(25,26)18-10-8-16(2)9-11-18/h3-11,20H,1,12-15H2,2H3,(H,22,24)/t20-/m0/s1. The summed E-state index contributed by atoms with van der Waals surface area (Å²) in [6.07, 6.45) is 2.31. The van der Waals surface area contributed by atoms with E-state index in [2.05, 4.69) is 11.9 Å². The second-order valence-corrected chi connectivity index (χ2v) is 8.58. The molecule has 0 radical (unpaired) electrons. The highest BCUT2D eigenvalue weighted by atomic mass is 32.2. The molecule has 0 aromatic heterocycles. The number of nitrogens with one attached hydrogen (secondary N) is 1. The third-order valence-electron chi connectivity index (χ3n) is 4.81. The van der Waals surface area contributed by atoms with E-state index in [1.807, 2.05) is 31.2 Å². The van der Waals surface area contributed by atoms with Gasteiger partial charge in [-0.2, -0.15) is 4.31 Å². The van der Waals surface area contributed by atoms with E-state index in [4.69, 9.17) is 0 Å². The van der Waals surface area contributed by atoms with E-state index in [0.717, 1.165) is 16.7 Å². The van der Waals surface area contributed by atoms with E-state index in [-0.39, 0.29) is 17.2 Å². The first-order valence-electron chi connectivity index (χ1n) is 8.97. The van der Waals surface area contributed by atoms with Crippen LogP contribution in [0.1, 0.15) is 29.2 Å². The number of aryl methyl sites for hydroxylation is 1. The first kappa shape index (κ1) is 19.3. The van der Waals surface area contributed by atoms with Gasteiger partial charge in [-0.05, 0) is 36.6 Å². The molecule has 0 saturated carbocycles. The van der Waals surface area contributed by atoms with E-state index in [1.165, 1.54) is 4.31 Å². The maximum atomic E-state index is 13.3. The summed E-state index contributed by atoms with van der Waals surface area (Å²) in [7, 11) is -3.70.